The predicted molar refractivity (Wildman–Crippen MR) is 174 cm³/mol. The molecule has 6 heteroatoms. The van der Waals surface area contributed by atoms with E-state index in [1.165, 1.54) is 154 Å². The van der Waals surface area contributed by atoms with E-state index < -0.39 is 10.4 Å². The molecule has 0 aliphatic rings. The van der Waals surface area contributed by atoms with Gasteiger partial charge in [0.25, 0.3) is 0 Å². The molecule has 244 valence electrons. The first-order valence-electron chi connectivity index (χ1n) is 17.7. The summed E-state index contributed by atoms with van der Waals surface area (Å²) in [6.07, 6.45) is 36.0. The first kappa shape index (κ1) is 42.0. The Kier molecular flexibility index (Phi) is 38.7. The van der Waals surface area contributed by atoms with Crippen molar-refractivity contribution in [2.45, 2.75) is 201 Å². The average molecular weight is 593 g/mol. The highest BCUT2D eigenvalue weighted by molar-refractivity contribution is 7.81. The van der Waals surface area contributed by atoms with Crippen LogP contribution in [0.2, 0.25) is 0 Å². The highest BCUT2D eigenvalue weighted by Crippen LogP contribution is 2.15. The van der Waals surface area contributed by atoms with E-state index in [-0.39, 0.29) is 19.8 Å². The second-order valence-electron chi connectivity index (χ2n) is 11.6. The number of unbranched alkanes of at least 4 members (excludes halogenated alkanes) is 26. The van der Waals surface area contributed by atoms with Crippen molar-refractivity contribution in [3.8, 4) is 0 Å². The first-order valence-corrected chi connectivity index (χ1v) is 19.0. The molecular weight excluding hydrogens is 520 g/mol. The van der Waals surface area contributed by atoms with Gasteiger partial charge in [0.2, 0.25) is 0 Å². The summed E-state index contributed by atoms with van der Waals surface area (Å²) in [5.74, 6) is 0. The molecule has 0 spiro atoms. The zero-order valence-corrected chi connectivity index (χ0v) is 28.2. The molecule has 0 saturated heterocycles. The number of rotatable bonds is 32. The normalized spacial score (nSPS) is 11.5. The van der Waals surface area contributed by atoms with Crippen LogP contribution in [0.25, 0.3) is 0 Å². The van der Waals surface area contributed by atoms with Crippen LogP contribution in [0.3, 0.4) is 0 Å². The highest BCUT2D eigenvalue weighted by Gasteiger charge is 2.11. The lowest BCUT2D eigenvalue weighted by Gasteiger charge is -2.07. The minimum atomic E-state index is -3.82. The van der Waals surface area contributed by atoms with E-state index in [1.807, 2.05) is 0 Å². The summed E-state index contributed by atoms with van der Waals surface area (Å²) in [6.45, 7) is 6.97. The van der Waals surface area contributed by atoms with Crippen LogP contribution < -0.4 is 0 Å². The molecule has 0 atom stereocenters. The Balaban J connectivity index is 0. The van der Waals surface area contributed by atoms with Crippen LogP contribution in [-0.4, -0.2) is 33.3 Å². The van der Waals surface area contributed by atoms with Gasteiger partial charge in [-0.1, -0.05) is 181 Å². The maximum absolute atomic E-state index is 11.9. The molecule has 0 rings (SSSR count). The van der Waals surface area contributed by atoms with Gasteiger partial charge in [-0.3, -0.25) is 0 Å². The Labute approximate surface area is 252 Å². The largest absolute Gasteiger partial charge is 0.399 e. The molecule has 0 saturated carbocycles. The molecule has 0 unspecified atom stereocenters. The van der Waals surface area contributed by atoms with Crippen LogP contribution in [0.5, 0.6) is 0 Å². The van der Waals surface area contributed by atoms with Crippen molar-refractivity contribution in [2.75, 3.05) is 19.8 Å². The molecule has 0 radical (unpaired) electrons. The van der Waals surface area contributed by atoms with Crippen molar-refractivity contribution < 1.29 is 21.9 Å². The second kappa shape index (κ2) is 36.9. The summed E-state index contributed by atoms with van der Waals surface area (Å²) >= 11 is 0. The topological polar surface area (TPSA) is 72.8 Å². The van der Waals surface area contributed by atoms with E-state index in [4.69, 9.17) is 13.5 Å². The van der Waals surface area contributed by atoms with Gasteiger partial charge in [0.05, 0.1) is 13.2 Å². The van der Waals surface area contributed by atoms with Gasteiger partial charge >= 0.3 is 10.4 Å². The van der Waals surface area contributed by atoms with Crippen molar-refractivity contribution in [1.82, 2.24) is 0 Å². The number of hydrogen-bond acceptors (Lipinski definition) is 5. The van der Waals surface area contributed by atoms with Crippen LogP contribution in [0.1, 0.15) is 201 Å². The molecular formula is C34H72O5S. The van der Waals surface area contributed by atoms with Gasteiger partial charge in [0.1, 0.15) is 0 Å². The maximum atomic E-state index is 11.9. The maximum Gasteiger partial charge on any atom is 0.399 e. The van der Waals surface area contributed by atoms with Gasteiger partial charge in [0.15, 0.2) is 0 Å². The molecule has 40 heavy (non-hydrogen) atoms. The lowest BCUT2D eigenvalue weighted by atomic mass is 10.0. The molecule has 0 aliphatic carbocycles. The minimum absolute atomic E-state index is 0.249. The molecule has 0 aromatic rings. The summed E-state index contributed by atoms with van der Waals surface area (Å²) in [4.78, 5) is 0. The fourth-order valence-electron chi connectivity index (χ4n) is 4.95. The predicted octanol–water partition coefficient (Wildman–Crippen LogP) is 11.2. The third-order valence-corrected chi connectivity index (χ3v) is 8.36. The standard InChI is InChI=1S/C32H66O4S.C2H6O/c1-3-5-7-9-11-13-15-17-19-21-23-25-27-29-31-35-37(33,34)36-32-30-28-26-24-22-20-18-16-14-12-10-8-6-4-2;1-2-3/h3-32H2,1-2H3;3H,2H2,1H3. The molecule has 1 N–H and O–H groups in total. The van der Waals surface area contributed by atoms with Crippen molar-refractivity contribution in [2.24, 2.45) is 0 Å². The van der Waals surface area contributed by atoms with Gasteiger partial charge in [-0.2, -0.15) is 8.42 Å². The fraction of sp³-hybridized carbons (Fsp3) is 1.00. The third kappa shape index (κ3) is 40.0. The fourth-order valence-corrected chi connectivity index (χ4v) is 5.66. The Morgan fingerprint density at radius 3 is 0.750 bits per heavy atom. The SMILES string of the molecule is CCCCCCCCCCCCCCCCOS(=O)(=O)OCCCCCCCCCCCCCCCC.CCO. The van der Waals surface area contributed by atoms with Crippen molar-refractivity contribution in [3.63, 3.8) is 0 Å². The summed E-state index contributed by atoms with van der Waals surface area (Å²) in [5, 5.41) is 7.57. The third-order valence-electron chi connectivity index (χ3n) is 7.45. The summed E-state index contributed by atoms with van der Waals surface area (Å²) in [5.41, 5.74) is 0. The zero-order valence-electron chi connectivity index (χ0n) is 27.4. The van der Waals surface area contributed by atoms with Gasteiger partial charge in [-0.05, 0) is 19.8 Å². The molecule has 0 fully saturated rings. The Bertz CT molecular complexity index is 498. The van der Waals surface area contributed by atoms with E-state index in [0.717, 1.165) is 25.7 Å². The molecule has 0 aliphatic heterocycles. The van der Waals surface area contributed by atoms with Gasteiger partial charge < -0.3 is 5.11 Å². The molecule has 0 amide bonds. The monoisotopic (exact) mass is 593 g/mol. The Morgan fingerprint density at radius 2 is 0.550 bits per heavy atom. The molecule has 0 aromatic heterocycles. The molecule has 5 nitrogen and oxygen atoms in total. The van der Waals surface area contributed by atoms with Crippen molar-refractivity contribution >= 4 is 10.4 Å². The van der Waals surface area contributed by atoms with E-state index in [2.05, 4.69) is 13.8 Å². The molecule has 0 bridgehead atoms. The Morgan fingerprint density at radius 1 is 0.375 bits per heavy atom. The van der Waals surface area contributed by atoms with Gasteiger partial charge in [-0.25, -0.2) is 8.37 Å². The smallest absolute Gasteiger partial charge is 0.397 e. The minimum Gasteiger partial charge on any atom is -0.397 e. The molecule has 0 aromatic carbocycles. The quantitative estimate of drug-likeness (QED) is 0.0786. The van der Waals surface area contributed by atoms with E-state index in [1.54, 1.807) is 6.92 Å². The summed E-state index contributed by atoms with van der Waals surface area (Å²) < 4.78 is 33.7. The van der Waals surface area contributed by atoms with Crippen LogP contribution >= 0.6 is 0 Å². The van der Waals surface area contributed by atoms with Gasteiger partial charge in [-0.15, -0.1) is 0 Å². The number of aliphatic hydroxyl groups excluding tert-OH is 1. The Hall–Kier alpha value is -0.170. The van der Waals surface area contributed by atoms with Gasteiger partial charge in [0, 0.05) is 6.61 Å². The molecule has 0 heterocycles. The first-order chi connectivity index (χ1) is 19.5. The van der Waals surface area contributed by atoms with E-state index >= 15 is 0 Å². The summed E-state index contributed by atoms with van der Waals surface area (Å²) in [6, 6.07) is 0. The van der Waals surface area contributed by atoms with Crippen LogP contribution in [0.4, 0.5) is 0 Å². The highest BCUT2D eigenvalue weighted by atomic mass is 32.3. The van der Waals surface area contributed by atoms with Crippen LogP contribution in [0.15, 0.2) is 0 Å². The second-order valence-corrected chi connectivity index (χ2v) is 12.8. The van der Waals surface area contributed by atoms with E-state index in [9.17, 15) is 8.42 Å². The number of aliphatic hydroxyl groups is 1. The summed E-state index contributed by atoms with van der Waals surface area (Å²) in [7, 11) is -3.82. The number of hydrogen-bond donors (Lipinski definition) is 1. The zero-order chi connectivity index (χ0) is 29.8. The van der Waals surface area contributed by atoms with Crippen LogP contribution in [-0.2, 0) is 18.8 Å². The van der Waals surface area contributed by atoms with Crippen molar-refractivity contribution in [1.29, 1.82) is 0 Å². The lowest BCUT2D eigenvalue weighted by Crippen LogP contribution is -2.12. The lowest BCUT2D eigenvalue weighted by molar-refractivity contribution is 0.208. The van der Waals surface area contributed by atoms with E-state index in [0.29, 0.717) is 0 Å². The van der Waals surface area contributed by atoms with Crippen molar-refractivity contribution in [3.05, 3.63) is 0 Å². The van der Waals surface area contributed by atoms with Crippen LogP contribution in [0, 0.1) is 0 Å². The average Bonchev–Trinajstić information content (AvgIpc) is 2.93.